The van der Waals surface area contributed by atoms with Crippen molar-refractivity contribution < 1.29 is 0 Å². The molecule has 2 heterocycles. The molecule has 0 bridgehead atoms. The summed E-state index contributed by atoms with van der Waals surface area (Å²) in [6, 6.07) is 0.138. The Hall–Kier alpha value is -1.27. The third-order valence-corrected chi connectivity index (χ3v) is 4.42. The zero-order valence-corrected chi connectivity index (χ0v) is 14.6. The third-order valence-electron chi connectivity index (χ3n) is 3.51. The van der Waals surface area contributed by atoms with Crippen molar-refractivity contribution >= 4 is 15.9 Å². The molecule has 0 aliphatic heterocycles. The van der Waals surface area contributed by atoms with E-state index in [1.165, 1.54) is 5.69 Å². The van der Waals surface area contributed by atoms with E-state index in [0.29, 0.717) is 0 Å². The molecule has 0 aliphatic rings. The van der Waals surface area contributed by atoms with Gasteiger partial charge in [-0.3, -0.25) is 14.6 Å². The molecule has 1 atom stereocenters. The molecule has 0 aromatic carbocycles. The molecule has 2 rings (SSSR count). The second kappa shape index (κ2) is 7.13. The third kappa shape index (κ3) is 3.68. The molecule has 2 aromatic heterocycles. The standard InChI is InChI=1S/C15H22BrN5/c1-5-11-15(16)14(21(4)20-11)7-12(17-6-2)13-9-18-10(3)8-19-13/h8-9,12,17H,5-7H2,1-4H3. The molecule has 21 heavy (non-hydrogen) atoms. The van der Waals surface area contributed by atoms with Crippen molar-refractivity contribution in [2.75, 3.05) is 6.54 Å². The summed E-state index contributed by atoms with van der Waals surface area (Å²) in [6.07, 6.45) is 5.42. The van der Waals surface area contributed by atoms with Crippen LogP contribution in [0.2, 0.25) is 0 Å². The number of aromatic nitrogens is 4. The molecule has 0 saturated carbocycles. The van der Waals surface area contributed by atoms with Crippen LogP contribution in [0.4, 0.5) is 0 Å². The number of hydrogen-bond acceptors (Lipinski definition) is 4. The topological polar surface area (TPSA) is 55.6 Å². The first-order valence-corrected chi connectivity index (χ1v) is 8.08. The van der Waals surface area contributed by atoms with Gasteiger partial charge in [-0.25, -0.2) is 0 Å². The monoisotopic (exact) mass is 351 g/mol. The van der Waals surface area contributed by atoms with E-state index in [2.05, 4.69) is 50.2 Å². The number of nitrogens with zero attached hydrogens (tertiary/aromatic N) is 4. The summed E-state index contributed by atoms with van der Waals surface area (Å²) < 4.78 is 3.06. The highest BCUT2D eigenvalue weighted by Gasteiger charge is 2.19. The number of aryl methyl sites for hydroxylation is 3. The van der Waals surface area contributed by atoms with Gasteiger partial charge in [-0.2, -0.15) is 5.10 Å². The highest BCUT2D eigenvalue weighted by molar-refractivity contribution is 9.10. The Morgan fingerprint density at radius 2 is 2.05 bits per heavy atom. The number of halogens is 1. The van der Waals surface area contributed by atoms with E-state index in [1.54, 1.807) is 0 Å². The molecule has 0 amide bonds. The maximum atomic E-state index is 4.56. The van der Waals surface area contributed by atoms with Crippen LogP contribution in [0.15, 0.2) is 16.9 Å². The largest absolute Gasteiger partial charge is 0.309 e. The molecule has 1 unspecified atom stereocenters. The quantitative estimate of drug-likeness (QED) is 0.869. The molecule has 0 saturated heterocycles. The van der Waals surface area contributed by atoms with Gasteiger partial charge in [-0.1, -0.05) is 13.8 Å². The lowest BCUT2D eigenvalue weighted by Gasteiger charge is -2.17. The molecule has 0 aliphatic carbocycles. The van der Waals surface area contributed by atoms with E-state index in [-0.39, 0.29) is 6.04 Å². The maximum Gasteiger partial charge on any atom is 0.0766 e. The molecule has 0 spiro atoms. The molecule has 2 aromatic rings. The summed E-state index contributed by atoms with van der Waals surface area (Å²) in [5.41, 5.74) is 4.18. The normalized spacial score (nSPS) is 12.6. The van der Waals surface area contributed by atoms with Gasteiger partial charge in [0.25, 0.3) is 0 Å². The minimum absolute atomic E-state index is 0.138. The van der Waals surface area contributed by atoms with E-state index < -0.39 is 0 Å². The average molecular weight is 352 g/mol. The van der Waals surface area contributed by atoms with Gasteiger partial charge in [0.15, 0.2) is 0 Å². The Morgan fingerprint density at radius 1 is 1.29 bits per heavy atom. The van der Waals surface area contributed by atoms with Gasteiger partial charge in [-0.15, -0.1) is 0 Å². The van der Waals surface area contributed by atoms with Crippen LogP contribution in [-0.2, 0) is 19.9 Å². The molecule has 5 nitrogen and oxygen atoms in total. The van der Waals surface area contributed by atoms with Gasteiger partial charge in [0, 0.05) is 19.7 Å². The van der Waals surface area contributed by atoms with Crippen molar-refractivity contribution in [3.8, 4) is 0 Å². The zero-order valence-electron chi connectivity index (χ0n) is 13.0. The molecule has 6 heteroatoms. The van der Waals surface area contributed by atoms with Gasteiger partial charge in [0.1, 0.15) is 0 Å². The Morgan fingerprint density at radius 3 is 2.57 bits per heavy atom. The zero-order chi connectivity index (χ0) is 15.4. The summed E-state index contributed by atoms with van der Waals surface area (Å²) in [7, 11) is 1.99. The predicted molar refractivity (Wildman–Crippen MR) is 87.2 cm³/mol. The van der Waals surface area contributed by atoms with E-state index in [0.717, 1.165) is 40.9 Å². The van der Waals surface area contributed by atoms with Crippen molar-refractivity contribution in [2.45, 2.75) is 39.7 Å². The SMILES string of the molecule is CCNC(Cc1c(Br)c(CC)nn1C)c1cnc(C)cn1. The van der Waals surface area contributed by atoms with Gasteiger partial charge < -0.3 is 5.32 Å². The van der Waals surface area contributed by atoms with Crippen molar-refractivity contribution in [3.05, 3.63) is 39.6 Å². The van der Waals surface area contributed by atoms with Gasteiger partial charge in [-0.05, 0) is 35.8 Å². The molecular weight excluding hydrogens is 330 g/mol. The fourth-order valence-corrected chi connectivity index (χ4v) is 3.12. The second-order valence-electron chi connectivity index (χ2n) is 5.08. The van der Waals surface area contributed by atoms with Gasteiger partial charge >= 0.3 is 0 Å². The van der Waals surface area contributed by atoms with Crippen LogP contribution < -0.4 is 5.32 Å². The fraction of sp³-hybridized carbons (Fsp3) is 0.533. The fourth-order valence-electron chi connectivity index (χ4n) is 2.35. The lowest BCUT2D eigenvalue weighted by molar-refractivity contribution is 0.514. The lowest BCUT2D eigenvalue weighted by atomic mass is 10.1. The minimum atomic E-state index is 0.138. The highest BCUT2D eigenvalue weighted by atomic mass is 79.9. The maximum absolute atomic E-state index is 4.56. The van der Waals surface area contributed by atoms with Crippen LogP contribution in [0.1, 0.15) is 42.7 Å². The number of hydrogen-bond donors (Lipinski definition) is 1. The molecular formula is C15H22BrN5. The van der Waals surface area contributed by atoms with Crippen LogP contribution in [-0.4, -0.2) is 26.3 Å². The van der Waals surface area contributed by atoms with E-state index in [4.69, 9.17) is 0 Å². The van der Waals surface area contributed by atoms with Crippen LogP contribution in [0, 0.1) is 6.92 Å². The first-order chi connectivity index (χ1) is 10.1. The van der Waals surface area contributed by atoms with Crippen LogP contribution in [0.5, 0.6) is 0 Å². The van der Waals surface area contributed by atoms with Crippen molar-refractivity contribution in [3.63, 3.8) is 0 Å². The van der Waals surface area contributed by atoms with Crippen LogP contribution in [0.25, 0.3) is 0 Å². The summed E-state index contributed by atoms with van der Waals surface area (Å²) in [5, 5.41) is 8.04. The van der Waals surface area contributed by atoms with Crippen molar-refractivity contribution in [2.24, 2.45) is 7.05 Å². The average Bonchev–Trinajstić information content (AvgIpc) is 2.75. The molecule has 114 valence electrons. The summed E-state index contributed by atoms with van der Waals surface area (Å²) >= 11 is 3.68. The predicted octanol–water partition coefficient (Wildman–Crippen LogP) is 2.74. The second-order valence-corrected chi connectivity index (χ2v) is 5.87. The Labute approximate surface area is 134 Å². The summed E-state index contributed by atoms with van der Waals surface area (Å²) in [5.74, 6) is 0. The van der Waals surface area contributed by atoms with Crippen LogP contribution >= 0.6 is 15.9 Å². The van der Waals surface area contributed by atoms with Crippen molar-refractivity contribution in [1.29, 1.82) is 0 Å². The van der Waals surface area contributed by atoms with Gasteiger partial charge in [0.05, 0.1) is 39.5 Å². The Bertz CT molecular complexity index is 591. The summed E-state index contributed by atoms with van der Waals surface area (Å²) in [4.78, 5) is 8.86. The first-order valence-electron chi connectivity index (χ1n) is 7.28. The number of nitrogens with one attached hydrogen (secondary N) is 1. The number of likely N-dealkylation sites (N-methyl/N-ethyl adjacent to an activating group) is 1. The smallest absolute Gasteiger partial charge is 0.0766 e. The Kier molecular flexibility index (Phi) is 5.47. The lowest BCUT2D eigenvalue weighted by Crippen LogP contribution is -2.25. The van der Waals surface area contributed by atoms with Crippen LogP contribution in [0.3, 0.4) is 0 Å². The minimum Gasteiger partial charge on any atom is -0.309 e. The Balaban J connectivity index is 2.28. The van der Waals surface area contributed by atoms with Gasteiger partial charge in [0.2, 0.25) is 0 Å². The number of rotatable bonds is 6. The first kappa shape index (κ1) is 16.1. The highest BCUT2D eigenvalue weighted by Crippen LogP contribution is 2.26. The molecule has 1 N–H and O–H groups in total. The van der Waals surface area contributed by atoms with E-state index in [1.807, 2.05) is 31.0 Å². The molecule has 0 radical (unpaired) electrons. The molecule has 0 fully saturated rings. The van der Waals surface area contributed by atoms with E-state index >= 15 is 0 Å². The van der Waals surface area contributed by atoms with Crippen molar-refractivity contribution in [1.82, 2.24) is 25.1 Å². The van der Waals surface area contributed by atoms with E-state index in [9.17, 15) is 0 Å². The summed E-state index contributed by atoms with van der Waals surface area (Å²) in [6.45, 7) is 7.05.